The summed E-state index contributed by atoms with van der Waals surface area (Å²) in [5.41, 5.74) is 3.46. The van der Waals surface area contributed by atoms with Gasteiger partial charge in [-0.15, -0.1) is 0 Å². The van der Waals surface area contributed by atoms with Crippen LogP contribution in [0.3, 0.4) is 0 Å². The lowest BCUT2D eigenvalue weighted by Crippen LogP contribution is -2.42. The molecule has 0 spiro atoms. The van der Waals surface area contributed by atoms with E-state index in [1.165, 1.54) is 0 Å². The van der Waals surface area contributed by atoms with Crippen LogP contribution in [0.15, 0.2) is 42.5 Å². The number of hydrogen-bond acceptors (Lipinski definition) is 5. The number of carbonyl (C=O) groups excluding carboxylic acids is 2. The summed E-state index contributed by atoms with van der Waals surface area (Å²) in [5.74, 6) is -0.725. The van der Waals surface area contributed by atoms with E-state index in [1.807, 2.05) is 63.8 Å². The summed E-state index contributed by atoms with van der Waals surface area (Å²) in [6.45, 7) is 10.5. The van der Waals surface area contributed by atoms with Crippen LogP contribution in [0.1, 0.15) is 79.6 Å². The highest BCUT2D eigenvalue weighted by Gasteiger charge is 2.47. The molecular weight excluding hydrogens is 460 g/mol. The number of amides is 2. The highest BCUT2D eigenvalue weighted by molar-refractivity contribution is 5.88. The van der Waals surface area contributed by atoms with Gasteiger partial charge >= 0.3 is 18.2 Å². The van der Waals surface area contributed by atoms with E-state index < -0.39 is 17.7 Å². The topological polar surface area (TPSA) is 96.4 Å². The average molecular weight is 495 g/mol. The lowest BCUT2D eigenvalue weighted by Gasteiger charge is -2.30. The fourth-order valence-electron chi connectivity index (χ4n) is 4.65. The Kier molecular flexibility index (Phi) is 6.98. The van der Waals surface area contributed by atoms with E-state index in [9.17, 15) is 14.4 Å². The minimum atomic E-state index is -0.985. The van der Waals surface area contributed by atoms with Crippen molar-refractivity contribution in [2.45, 2.75) is 84.3 Å². The van der Waals surface area contributed by atoms with Crippen molar-refractivity contribution in [3.8, 4) is 0 Å². The van der Waals surface area contributed by atoms with Crippen molar-refractivity contribution in [2.75, 3.05) is 0 Å². The van der Waals surface area contributed by atoms with Gasteiger partial charge in [-0.3, -0.25) is 4.90 Å². The number of rotatable bonds is 6. The second-order valence-electron chi connectivity index (χ2n) is 10.8. The third-order valence-electron chi connectivity index (χ3n) is 6.48. The third-order valence-corrected chi connectivity index (χ3v) is 6.48. The molecule has 1 saturated carbocycles. The standard InChI is InChI=1S/C28H34N2O6/c1-17(2)30(27(34)36-28(3,4)5)24-13-23(24)19-8-6-18(7-9-19)16-35-26(33)29-14-21-11-10-20(25(31)32)12-22(21)15-29/h6-12,17,23-24H,13-16H2,1-5H3,(H,31,32)/t23?,24-/m0/s1. The number of carboxylic acid groups (broad SMARTS) is 1. The molecule has 2 aromatic carbocycles. The van der Waals surface area contributed by atoms with Crippen LogP contribution < -0.4 is 0 Å². The van der Waals surface area contributed by atoms with Crippen molar-refractivity contribution in [3.05, 3.63) is 70.3 Å². The van der Waals surface area contributed by atoms with Crippen LogP contribution in [0.2, 0.25) is 0 Å². The van der Waals surface area contributed by atoms with Crippen molar-refractivity contribution < 1.29 is 29.0 Å². The van der Waals surface area contributed by atoms with E-state index in [0.29, 0.717) is 13.1 Å². The normalized spacial score (nSPS) is 18.6. The largest absolute Gasteiger partial charge is 0.478 e. The second-order valence-corrected chi connectivity index (χ2v) is 10.8. The molecular formula is C28H34N2O6. The van der Waals surface area contributed by atoms with Crippen LogP contribution in [0.25, 0.3) is 0 Å². The van der Waals surface area contributed by atoms with Gasteiger partial charge in [-0.2, -0.15) is 0 Å². The lowest BCUT2D eigenvalue weighted by molar-refractivity contribution is 0.0167. The van der Waals surface area contributed by atoms with Gasteiger partial charge < -0.3 is 19.5 Å². The molecule has 1 aliphatic heterocycles. The average Bonchev–Trinajstić information content (AvgIpc) is 3.43. The number of fused-ring (bicyclic) bond motifs is 1. The molecule has 1 unspecified atom stereocenters. The zero-order valence-electron chi connectivity index (χ0n) is 21.5. The summed E-state index contributed by atoms with van der Waals surface area (Å²) in [4.78, 5) is 39.9. The summed E-state index contributed by atoms with van der Waals surface area (Å²) in [6, 6.07) is 13.0. The molecule has 1 heterocycles. The molecule has 2 aromatic rings. The predicted molar refractivity (Wildman–Crippen MR) is 134 cm³/mol. The number of aromatic carboxylic acids is 1. The summed E-state index contributed by atoms with van der Waals surface area (Å²) in [5, 5.41) is 9.16. The summed E-state index contributed by atoms with van der Waals surface area (Å²) >= 11 is 0. The number of hydrogen-bond donors (Lipinski definition) is 1. The SMILES string of the molecule is CC(C)N(C(=O)OC(C)(C)C)[C@H]1CC1c1ccc(COC(=O)N2Cc3ccc(C(=O)O)cc3C2)cc1. The van der Waals surface area contributed by atoms with Crippen molar-refractivity contribution in [1.82, 2.24) is 9.80 Å². The first-order valence-electron chi connectivity index (χ1n) is 12.3. The van der Waals surface area contributed by atoms with Crippen LogP contribution in [0, 0.1) is 0 Å². The lowest BCUT2D eigenvalue weighted by atomic mass is 10.1. The Morgan fingerprint density at radius 1 is 1.06 bits per heavy atom. The quantitative estimate of drug-likeness (QED) is 0.567. The van der Waals surface area contributed by atoms with Gasteiger partial charge in [0.1, 0.15) is 12.2 Å². The van der Waals surface area contributed by atoms with Crippen LogP contribution in [0.5, 0.6) is 0 Å². The van der Waals surface area contributed by atoms with Crippen LogP contribution in [-0.2, 0) is 29.2 Å². The zero-order valence-corrected chi connectivity index (χ0v) is 21.5. The Labute approximate surface area is 211 Å². The third kappa shape index (κ3) is 5.80. The molecule has 4 rings (SSSR count). The molecule has 1 fully saturated rings. The molecule has 1 N–H and O–H groups in total. The molecule has 2 amide bonds. The van der Waals surface area contributed by atoms with Gasteiger partial charge in [-0.05, 0) is 75.4 Å². The first kappa shape index (κ1) is 25.5. The number of benzene rings is 2. The number of nitrogens with zero attached hydrogens (tertiary/aromatic N) is 2. The molecule has 8 nitrogen and oxygen atoms in total. The van der Waals surface area contributed by atoms with Gasteiger partial charge in [-0.25, -0.2) is 14.4 Å². The van der Waals surface area contributed by atoms with Crippen LogP contribution in [-0.4, -0.2) is 50.7 Å². The molecule has 192 valence electrons. The molecule has 2 aliphatic rings. The maximum atomic E-state index is 12.7. The molecule has 8 heteroatoms. The molecule has 0 bridgehead atoms. The maximum absolute atomic E-state index is 12.7. The van der Waals surface area contributed by atoms with Crippen molar-refractivity contribution in [3.63, 3.8) is 0 Å². The summed E-state index contributed by atoms with van der Waals surface area (Å²) in [6.07, 6.45) is 0.182. The number of carboxylic acids is 1. The Hall–Kier alpha value is -3.55. The predicted octanol–water partition coefficient (Wildman–Crippen LogP) is 5.54. The fourth-order valence-corrected chi connectivity index (χ4v) is 4.65. The van der Waals surface area contributed by atoms with Gasteiger partial charge in [0, 0.05) is 31.1 Å². The highest BCUT2D eigenvalue weighted by atomic mass is 16.6. The molecule has 36 heavy (non-hydrogen) atoms. The van der Waals surface area contributed by atoms with Gasteiger partial charge in [0.2, 0.25) is 0 Å². The van der Waals surface area contributed by atoms with Crippen molar-refractivity contribution >= 4 is 18.2 Å². The zero-order chi connectivity index (χ0) is 26.2. The van der Waals surface area contributed by atoms with E-state index in [1.54, 1.807) is 23.1 Å². The van der Waals surface area contributed by atoms with Crippen LogP contribution >= 0.6 is 0 Å². The molecule has 1 aliphatic carbocycles. The van der Waals surface area contributed by atoms with Crippen LogP contribution in [0.4, 0.5) is 9.59 Å². The van der Waals surface area contributed by atoms with E-state index in [0.717, 1.165) is 28.7 Å². The minimum Gasteiger partial charge on any atom is -0.478 e. The first-order chi connectivity index (χ1) is 16.9. The van der Waals surface area contributed by atoms with Gasteiger partial charge in [0.05, 0.1) is 5.56 Å². The minimum absolute atomic E-state index is 0.0426. The molecule has 0 aromatic heterocycles. The second kappa shape index (κ2) is 9.84. The van der Waals surface area contributed by atoms with E-state index in [2.05, 4.69) is 0 Å². The molecule has 0 saturated heterocycles. The highest BCUT2D eigenvalue weighted by Crippen LogP contribution is 2.46. The molecule has 0 radical (unpaired) electrons. The van der Waals surface area contributed by atoms with Crippen molar-refractivity contribution in [2.24, 2.45) is 0 Å². The Bertz CT molecular complexity index is 1150. The fraction of sp³-hybridized carbons (Fsp3) is 0.464. The summed E-state index contributed by atoms with van der Waals surface area (Å²) in [7, 11) is 0. The van der Waals surface area contributed by atoms with E-state index in [-0.39, 0.29) is 36.3 Å². The van der Waals surface area contributed by atoms with Gasteiger partial charge in [0.25, 0.3) is 0 Å². The van der Waals surface area contributed by atoms with E-state index in [4.69, 9.17) is 14.6 Å². The van der Waals surface area contributed by atoms with E-state index >= 15 is 0 Å². The van der Waals surface area contributed by atoms with Gasteiger partial charge in [0.15, 0.2) is 0 Å². The Morgan fingerprint density at radius 3 is 2.33 bits per heavy atom. The number of ether oxygens (including phenoxy) is 2. The molecule has 2 atom stereocenters. The Morgan fingerprint density at radius 2 is 1.72 bits per heavy atom. The first-order valence-corrected chi connectivity index (χ1v) is 12.3. The smallest absolute Gasteiger partial charge is 0.410 e. The van der Waals surface area contributed by atoms with Gasteiger partial charge in [-0.1, -0.05) is 30.3 Å². The van der Waals surface area contributed by atoms with Crippen molar-refractivity contribution in [1.29, 1.82) is 0 Å². The summed E-state index contributed by atoms with van der Waals surface area (Å²) < 4.78 is 11.1. The number of carbonyl (C=O) groups is 3. The maximum Gasteiger partial charge on any atom is 0.410 e. The Balaban J connectivity index is 1.30. The monoisotopic (exact) mass is 494 g/mol.